The summed E-state index contributed by atoms with van der Waals surface area (Å²) in [7, 11) is 0. The number of benzene rings is 2. The Morgan fingerprint density at radius 1 is 0.891 bits per heavy atom. The lowest BCUT2D eigenvalue weighted by Gasteiger charge is -2.24. The van der Waals surface area contributed by atoms with Gasteiger partial charge in [0.15, 0.2) is 6.61 Å². The molecule has 3 aliphatic rings. The summed E-state index contributed by atoms with van der Waals surface area (Å²) in [5, 5.41) is 6.75. The fourth-order valence-electron chi connectivity index (χ4n) is 5.99. The number of amides is 3. The Bertz CT molecular complexity index is 1650. The number of likely N-dealkylation sites (tertiary alicyclic amines) is 2. The van der Waals surface area contributed by atoms with Crippen molar-refractivity contribution in [3.8, 4) is 6.01 Å². The number of ether oxygens (including phenoxy) is 1. The van der Waals surface area contributed by atoms with E-state index in [2.05, 4.69) is 25.6 Å². The fourth-order valence-corrected chi connectivity index (χ4v) is 6.11. The number of hydrogen-bond acceptors (Lipinski definition) is 9. The van der Waals surface area contributed by atoms with Gasteiger partial charge in [-0.05, 0) is 67.6 Å². The highest BCUT2D eigenvalue weighted by molar-refractivity contribution is 6.34. The number of nitrogens with zero attached hydrogens (tertiary/aromatic N) is 5. The zero-order chi connectivity index (χ0) is 32.7. The average Bonchev–Trinajstić information content (AvgIpc) is 3.48. The van der Waals surface area contributed by atoms with E-state index in [9.17, 15) is 27.6 Å². The minimum absolute atomic E-state index is 0.0277. The molecule has 1 atom stereocenters. The molecule has 1 spiro atoms. The molecule has 2 saturated heterocycles. The average molecular weight is 659 g/mol. The number of alkyl halides is 3. The van der Waals surface area contributed by atoms with Crippen LogP contribution in [0.1, 0.15) is 41.6 Å². The Kier molecular flexibility index (Phi) is 8.12. The second kappa shape index (κ2) is 11.9. The van der Waals surface area contributed by atoms with E-state index < -0.39 is 36.1 Å². The molecule has 3 heterocycles. The highest BCUT2D eigenvalue weighted by atomic mass is 35.5. The SMILES string of the molecule is NC(=O)C(=O)N1CCC2(CCN(C(=O)c3ccc(Nc4nc(NC5(c6ccc(Cl)cc6)CC5)nc(OCC(F)(F)F)n4)cc3)C2)C1. The Morgan fingerprint density at radius 2 is 1.52 bits per heavy atom. The molecule has 2 aliphatic heterocycles. The molecule has 1 unspecified atom stereocenters. The first-order chi connectivity index (χ1) is 21.8. The first-order valence-electron chi connectivity index (χ1n) is 14.6. The highest BCUT2D eigenvalue weighted by Gasteiger charge is 2.47. The molecule has 3 fully saturated rings. The lowest BCUT2D eigenvalue weighted by Crippen LogP contribution is -2.41. The molecule has 0 radical (unpaired) electrons. The van der Waals surface area contributed by atoms with Crippen LogP contribution >= 0.6 is 11.6 Å². The van der Waals surface area contributed by atoms with Crippen LogP contribution in [0.25, 0.3) is 0 Å². The van der Waals surface area contributed by atoms with Crippen molar-refractivity contribution in [1.29, 1.82) is 0 Å². The van der Waals surface area contributed by atoms with E-state index in [-0.39, 0.29) is 23.2 Å². The Hall–Kier alpha value is -4.66. The van der Waals surface area contributed by atoms with Crippen molar-refractivity contribution in [3.05, 3.63) is 64.7 Å². The zero-order valence-electron chi connectivity index (χ0n) is 24.4. The van der Waals surface area contributed by atoms with Gasteiger partial charge in [0.2, 0.25) is 11.9 Å². The summed E-state index contributed by atoms with van der Waals surface area (Å²) in [5.41, 5.74) is 6.20. The normalized spacial score (nSPS) is 20.1. The summed E-state index contributed by atoms with van der Waals surface area (Å²) < 4.78 is 43.6. The summed E-state index contributed by atoms with van der Waals surface area (Å²) >= 11 is 6.03. The monoisotopic (exact) mass is 658 g/mol. The van der Waals surface area contributed by atoms with Gasteiger partial charge in [-0.25, -0.2) is 0 Å². The first-order valence-corrected chi connectivity index (χ1v) is 14.9. The molecule has 3 amide bonds. The lowest BCUT2D eigenvalue weighted by molar-refractivity contribution is -0.154. The molecule has 2 aromatic carbocycles. The molecule has 1 aromatic heterocycles. The van der Waals surface area contributed by atoms with Gasteiger partial charge in [0.1, 0.15) is 0 Å². The van der Waals surface area contributed by atoms with Crippen molar-refractivity contribution in [1.82, 2.24) is 24.8 Å². The van der Waals surface area contributed by atoms with E-state index >= 15 is 0 Å². The van der Waals surface area contributed by atoms with Crippen LogP contribution in [0.4, 0.5) is 30.8 Å². The Balaban J connectivity index is 1.14. The summed E-state index contributed by atoms with van der Waals surface area (Å²) in [6, 6.07) is 13.2. The predicted molar refractivity (Wildman–Crippen MR) is 160 cm³/mol. The smallest absolute Gasteiger partial charge is 0.422 e. The van der Waals surface area contributed by atoms with Crippen molar-refractivity contribution < 1.29 is 32.3 Å². The second-order valence-corrected chi connectivity index (χ2v) is 12.3. The van der Waals surface area contributed by atoms with Crippen LogP contribution in [0.2, 0.25) is 5.02 Å². The van der Waals surface area contributed by atoms with Gasteiger partial charge in [-0.3, -0.25) is 14.4 Å². The van der Waals surface area contributed by atoms with E-state index in [1.807, 2.05) is 12.1 Å². The third kappa shape index (κ3) is 6.93. The molecule has 1 aliphatic carbocycles. The molecule has 1 saturated carbocycles. The van der Waals surface area contributed by atoms with Gasteiger partial charge in [0.05, 0.1) is 5.54 Å². The minimum atomic E-state index is -4.59. The van der Waals surface area contributed by atoms with E-state index in [0.29, 0.717) is 55.3 Å². The molecule has 0 bridgehead atoms. The predicted octanol–water partition coefficient (Wildman–Crippen LogP) is 3.86. The van der Waals surface area contributed by atoms with Gasteiger partial charge in [-0.15, -0.1) is 0 Å². The summed E-state index contributed by atoms with van der Waals surface area (Å²) in [6.45, 7) is 0.180. The molecule has 46 heavy (non-hydrogen) atoms. The van der Waals surface area contributed by atoms with E-state index in [4.69, 9.17) is 22.1 Å². The third-order valence-electron chi connectivity index (χ3n) is 8.53. The number of anilines is 3. The van der Waals surface area contributed by atoms with Gasteiger partial charge in [0, 0.05) is 47.9 Å². The maximum Gasteiger partial charge on any atom is 0.422 e. The maximum absolute atomic E-state index is 13.3. The molecule has 16 heteroatoms. The minimum Gasteiger partial charge on any atom is -0.454 e. The molecule has 242 valence electrons. The van der Waals surface area contributed by atoms with Crippen molar-refractivity contribution in [3.63, 3.8) is 0 Å². The van der Waals surface area contributed by atoms with Crippen LogP contribution in [-0.4, -0.2) is 81.4 Å². The number of nitrogens with one attached hydrogen (secondary N) is 2. The lowest BCUT2D eigenvalue weighted by atomic mass is 9.86. The largest absolute Gasteiger partial charge is 0.454 e. The Labute approximate surface area is 266 Å². The van der Waals surface area contributed by atoms with Crippen LogP contribution in [0.5, 0.6) is 6.01 Å². The number of carbonyl (C=O) groups excluding carboxylic acids is 3. The van der Waals surface area contributed by atoms with Crippen molar-refractivity contribution in [2.45, 2.75) is 37.4 Å². The molecular formula is C30H30ClF3N8O4. The summed E-state index contributed by atoms with van der Waals surface area (Å²) in [4.78, 5) is 52.2. The first kappa shape index (κ1) is 31.3. The number of rotatable bonds is 8. The van der Waals surface area contributed by atoms with Crippen molar-refractivity contribution >= 4 is 46.9 Å². The molecule has 12 nitrogen and oxygen atoms in total. The molecule has 3 aromatic rings. The number of carbonyl (C=O) groups is 3. The summed E-state index contributed by atoms with van der Waals surface area (Å²) in [6.07, 6.45) is -1.71. The Morgan fingerprint density at radius 3 is 2.15 bits per heavy atom. The van der Waals surface area contributed by atoms with Gasteiger partial charge in [-0.1, -0.05) is 23.7 Å². The van der Waals surface area contributed by atoms with Crippen LogP contribution in [-0.2, 0) is 15.1 Å². The van der Waals surface area contributed by atoms with E-state index in [1.54, 1.807) is 41.3 Å². The number of aromatic nitrogens is 3. The van der Waals surface area contributed by atoms with Crippen molar-refractivity contribution in [2.75, 3.05) is 43.4 Å². The van der Waals surface area contributed by atoms with Gasteiger partial charge in [-0.2, -0.15) is 28.1 Å². The summed E-state index contributed by atoms with van der Waals surface area (Å²) in [5.74, 6) is -1.91. The van der Waals surface area contributed by atoms with Gasteiger partial charge >= 0.3 is 24.0 Å². The second-order valence-electron chi connectivity index (χ2n) is 11.9. The number of hydrogen-bond donors (Lipinski definition) is 3. The van der Waals surface area contributed by atoms with Crippen LogP contribution in [0.3, 0.4) is 0 Å². The van der Waals surface area contributed by atoms with E-state index in [1.165, 1.54) is 4.90 Å². The topological polar surface area (TPSA) is 156 Å². The molecular weight excluding hydrogens is 629 g/mol. The quantitative estimate of drug-likeness (QED) is 0.306. The number of halogens is 4. The van der Waals surface area contributed by atoms with E-state index in [0.717, 1.165) is 18.4 Å². The van der Waals surface area contributed by atoms with Crippen molar-refractivity contribution in [2.24, 2.45) is 11.1 Å². The number of nitrogens with two attached hydrogens (primary N) is 1. The highest BCUT2D eigenvalue weighted by Crippen LogP contribution is 2.48. The van der Waals surface area contributed by atoms with Crippen LogP contribution in [0.15, 0.2) is 48.5 Å². The third-order valence-corrected chi connectivity index (χ3v) is 8.78. The van der Waals surface area contributed by atoms with Gasteiger partial charge in [0.25, 0.3) is 5.91 Å². The van der Waals surface area contributed by atoms with Crippen LogP contribution < -0.4 is 21.1 Å². The standard InChI is InChI=1S/C30H30ClF3N8O4/c31-20-5-3-19(4-6-20)29(9-10-29)40-26-37-25(38-27(39-26)46-17-30(32,33)34)36-21-7-1-18(2-8-21)23(44)41-13-11-28(15-41)12-14-42(16-28)24(45)22(35)43/h1-8H,9-17H2,(H2,35,43)(H2,36,37,38,39,40). The zero-order valence-corrected chi connectivity index (χ0v) is 25.2. The van der Waals surface area contributed by atoms with Crippen LogP contribution in [0, 0.1) is 5.41 Å². The fraction of sp³-hybridized carbons (Fsp3) is 0.400. The number of primary amides is 1. The molecule has 6 rings (SSSR count). The maximum atomic E-state index is 13.3. The van der Waals surface area contributed by atoms with Gasteiger partial charge < -0.3 is 30.9 Å². The molecule has 4 N–H and O–H groups in total.